The van der Waals surface area contributed by atoms with Crippen LogP contribution in [0.3, 0.4) is 0 Å². The molecule has 1 aromatic heterocycles. The van der Waals surface area contributed by atoms with Crippen molar-refractivity contribution in [3.05, 3.63) is 30.1 Å². The number of aromatic nitrogens is 1. The maximum absolute atomic E-state index is 12.0. The van der Waals surface area contributed by atoms with Crippen LogP contribution in [0.2, 0.25) is 0 Å². The van der Waals surface area contributed by atoms with E-state index >= 15 is 0 Å². The molecule has 1 aliphatic heterocycles. The molecule has 23 heavy (non-hydrogen) atoms. The molecule has 1 aliphatic rings. The summed E-state index contributed by atoms with van der Waals surface area (Å²) in [6.07, 6.45) is 3.37. The van der Waals surface area contributed by atoms with Gasteiger partial charge < -0.3 is 15.0 Å². The zero-order valence-corrected chi connectivity index (χ0v) is 13.5. The maximum Gasteiger partial charge on any atom is 0.239 e. The Bertz CT molecular complexity index is 503. The van der Waals surface area contributed by atoms with Gasteiger partial charge in [-0.3, -0.25) is 19.5 Å². The van der Waals surface area contributed by atoms with Crippen molar-refractivity contribution >= 4 is 11.8 Å². The predicted molar refractivity (Wildman–Crippen MR) is 85.6 cm³/mol. The Hall–Kier alpha value is -1.99. The van der Waals surface area contributed by atoms with Crippen molar-refractivity contribution in [3.8, 4) is 0 Å². The molecule has 0 saturated carbocycles. The van der Waals surface area contributed by atoms with Gasteiger partial charge in [0, 0.05) is 52.0 Å². The average Bonchev–Trinajstić information content (AvgIpc) is 2.58. The number of nitrogens with zero attached hydrogens (tertiary/aromatic N) is 3. The fraction of sp³-hybridized carbons (Fsp3) is 0.562. The minimum Gasteiger partial charge on any atom is -0.379 e. The van der Waals surface area contributed by atoms with Gasteiger partial charge in [-0.25, -0.2) is 0 Å². The Balaban J connectivity index is 1.74. The monoisotopic (exact) mass is 320 g/mol. The third-order valence-corrected chi connectivity index (χ3v) is 3.81. The number of carbonyl (C=O) groups is 2. The summed E-state index contributed by atoms with van der Waals surface area (Å²) < 4.78 is 5.30. The molecular weight excluding hydrogens is 296 g/mol. The van der Waals surface area contributed by atoms with Gasteiger partial charge in [-0.1, -0.05) is 0 Å². The molecule has 0 aromatic carbocycles. The van der Waals surface area contributed by atoms with Crippen LogP contribution in [0.15, 0.2) is 24.5 Å². The van der Waals surface area contributed by atoms with E-state index in [-0.39, 0.29) is 18.4 Å². The van der Waals surface area contributed by atoms with Crippen molar-refractivity contribution in [1.82, 2.24) is 20.1 Å². The lowest BCUT2D eigenvalue weighted by Crippen LogP contribution is -2.45. The van der Waals surface area contributed by atoms with Crippen LogP contribution in [-0.4, -0.2) is 72.5 Å². The normalized spacial score (nSPS) is 15.2. The van der Waals surface area contributed by atoms with Crippen molar-refractivity contribution in [3.63, 3.8) is 0 Å². The van der Waals surface area contributed by atoms with Gasteiger partial charge in [0.05, 0.1) is 19.8 Å². The molecule has 0 aliphatic carbocycles. The van der Waals surface area contributed by atoms with E-state index in [0.717, 1.165) is 38.4 Å². The van der Waals surface area contributed by atoms with Gasteiger partial charge in [-0.15, -0.1) is 0 Å². The standard InChI is InChI=1S/C16H24N4O3/c1-14(21)20(7-6-19-8-10-23-11-9-19)13-16(22)18-12-15-2-4-17-5-3-15/h2-5H,6-13H2,1H3,(H,18,22). The second-order valence-corrected chi connectivity index (χ2v) is 5.53. The van der Waals surface area contributed by atoms with Crippen LogP contribution in [0.5, 0.6) is 0 Å². The van der Waals surface area contributed by atoms with Crippen molar-refractivity contribution in [2.45, 2.75) is 13.5 Å². The lowest BCUT2D eigenvalue weighted by molar-refractivity contribution is -0.134. The Labute approximate surface area is 136 Å². The molecule has 0 atom stereocenters. The van der Waals surface area contributed by atoms with Gasteiger partial charge >= 0.3 is 0 Å². The van der Waals surface area contributed by atoms with Gasteiger partial charge in [0.15, 0.2) is 0 Å². The van der Waals surface area contributed by atoms with Crippen LogP contribution >= 0.6 is 0 Å². The topological polar surface area (TPSA) is 74.8 Å². The summed E-state index contributed by atoms with van der Waals surface area (Å²) in [5.74, 6) is -0.240. The highest BCUT2D eigenvalue weighted by molar-refractivity contribution is 5.83. The number of hydrogen-bond donors (Lipinski definition) is 1. The number of rotatable bonds is 7. The second kappa shape index (κ2) is 9.22. The summed E-state index contributed by atoms with van der Waals surface area (Å²) in [6, 6.07) is 3.70. The minimum atomic E-state index is -0.154. The van der Waals surface area contributed by atoms with E-state index in [4.69, 9.17) is 4.74 Å². The van der Waals surface area contributed by atoms with Crippen LogP contribution in [0.4, 0.5) is 0 Å². The molecule has 1 N–H and O–H groups in total. The molecule has 2 rings (SSSR count). The molecule has 7 nitrogen and oxygen atoms in total. The summed E-state index contributed by atoms with van der Waals surface area (Å²) in [6.45, 7) is 6.55. The smallest absolute Gasteiger partial charge is 0.239 e. The van der Waals surface area contributed by atoms with E-state index in [0.29, 0.717) is 13.1 Å². The van der Waals surface area contributed by atoms with Crippen LogP contribution in [0, 0.1) is 0 Å². The third-order valence-electron chi connectivity index (χ3n) is 3.81. The summed E-state index contributed by atoms with van der Waals surface area (Å²) in [5, 5.41) is 2.83. The number of nitrogens with one attached hydrogen (secondary N) is 1. The Morgan fingerprint density at radius 1 is 1.30 bits per heavy atom. The lowest BCUT2D eigenvalue weighted by atomic mass is 10.2. The minimum absolute atomic E-state index is 0.0858. The zero-order valence-electron chi connectivity index (χ0n) is 13.5. The molecule has 7 heteroatoms. The number of ether oxygens (including phenoxy) is 1. The Morgan fingerprint density at radius 3 is 2.65 bits per heavy atom. The van der Waals surface area contributed by atoms with Crippen LogP contribution in [0.1, 0.15) is 12.5 Å². The number of carbonyl (C=O) groups excluding carboxylic acids is 2. The first kappa shape index (κ1) is 17.4. The fourth-order valence-corrected chi connectivity index (χ4v) is 2.37. The van der Waals surface area contributed by atoms with Crippen molar-refractivity contribution in [1.29, 1.82) is 0 Å². The number of morpholine rings is 1. The molecule has 126 valence electrons. The van der Waals surface area contributed by atoms with E-state index in [1.54, 1.807) is 17.3 Å². The number of pyridine rings is 1. The van der Waals surface area contributed by atoms with E-state index in [1.807, 2.05) is 12.1 Å². The third kappa shape index (κ3) is 6.33. The lowest BCUT2D eigenvalue weighted by Gasteiger charge is -2.29. The predicted octanol–water partition coefficient (Wildman–Crippen LogP) is -0.121. The van der Waals surface area contributed by atoms with Gasteiger partial charge in [0.1, 0.15) is 0 Å². The maximum atomic E-state index is 12.0. The van der Waals surface area contributed by atoms with Gasteiger partial charge in [-0.2, -0.15) is 0 Å². The quantitative estimate of drug-likeness (QED) is 0.758. The first-order chi connectivity index (χ1) is 11.1. The van der Waals surface area contributed by atoms with Gasteiger partial charge in [-0.05, 0) is 17.7 Å². The average molecular weight is 320 g/mol. The van der Waals surface area contributed by atoms with E-state index in [2.05, 4.69) is 15.2 Å². The second-order valence-electron chi connectivity index (χ2n) is 5.53. The van der Waals surface area contributed by atoms with Crippen LogP contribution in [-0.2, 0) is 20.9 Å². The largest absolute Gasteiger partial charge is 0.379 e. The summed E-state index contributed by atoms with van der Waals surface area (Å²) in [4.78, 5) is 31.5. The molecule has 0 unspecified atom stereocenters. The van der Waals surface area contributed by atoms with E-state index in [9.17, 15) is 9.59 Å². The van der Waals surface area contributed by atoms with Crippen LogP contribution < -0.4 is 5.32 Å². The zero-order chi connectivity index (χ0) is 16.5. The molecule has 1 fully saturated rings. The molecule has 1 aromatic rings. The summed E-state index contributed by atoms with van der Waals surface area (Å²) in [5.41, 5.74) is 0.982. The first-order valence-electron chi connectivity index (χ1n) is 7.86. The van der Waals surface area contributed by atoms with E-state index < -0.39 is 0 Å². The number of amides is 2. The highest BCUT2D eigenvalue weighted by atomic mass is 16.5. The van der Waals surface area contributed by atoms with Crippen molar-refractivity contribution in [2.24, 2.45) is 0 Å². The van der Waals surface area contributed by atoms with Crippen molar-refractivity contribution in [2.75, 3.05) is 45.9 Å². The number of hydrogen-bond acceptors (Lipinski definition) is 5. The molecule has 0 spiro atoms. The molecular formula is C16H24N4O3. The Kier molecular flexibility index (Phi) is 6.96. The van der Waals surface area contributed by atoms with Crippen molar-refractivity contribution < 1.29 is 14.3 Å². The first-order valence-corrected chi connectivity index (χ1v) is 7.86. The molecule has 2 amide bonds. The highest BCUT2D eigenvalue weighted by Crippen LogP contribution is 1.99. The highest BCUT2D eigenvalue weighted by Gasteiger charge is 2.16. The summed E-state index contributed by atoms with van der Waals surface area (Å²) >= 11 is 0. The van der Waals surface area contributed by atoms with E-state index in [1.165, 1.54) is 6.92 Å². The van der Waals surface area contributed by atoms with Gasteiger partial charge in [0.2, 0.25) is 11.8 Å². The molecule has 1 saturated heterocycles. The Morgan fingerprint density at radius 2 is 2.00 bits per heavy atom. The van der Waals surface area contributed by atoms with Crippen LogP contribution in [0.25, 0.3) is 0 Å². The fourth-order valence-electron chi connectivity index (χ4n) is 2.37. The molecule has 2 heterocycles. The van der Waals surface area contributed by atoms with Gasteiger partial charge in [0.25, 0.3) is 0 Å². The SMILES string of the molecule is CC(=O)N(CCN1CCOCC1)CC(=O)NCc1ccncc1. The molecule has 0 radical (unpaired) electrons. The molecule has 0 bridgehead atoms. The summed E-state index contributed by atoms with van der Waals surface area (Å²) in [7, 11) is 0.